The molecule has 0 saturated carbocycles. The van der Waals surface area contributed by atoms with Gasteiger partial charge < -0.3 is 29.3 Å². The van der Waals surface area contributed by atoms with E-state index in [1.165, 1.54) is 0 Å². The third-order valence-corrected chi connectivity index (χ3v) is 6.75. The van der Waals surface area contributed by atoms with Crippen molar-refractivity contribution >= 4 is 23.6 Å². The van der Waals surface area contributed by atoms with Crippen LogP contribution in [-0.4, -0.2) is 75.9 Å². The van der Waals surface area contributed by atoms with E-state index in [-0.39, 0.29) is 18.0 Å². The van der Waals surface area contributed by atoms with Crippen molar-refractivity contribution in [2.75, 3.05) is 36.0 Å². The van der Waals surface area contributed by atoms with Crippen LogP contribution in [0.25, 0.3) is 0 Å². The number of rotatable bonds is 4. The van der Waals surface area contributed by atoms with Crippen molar-refractivity contribution in [1.82, 2.24) is 25.3 Å². The zero-order valence-electron chi connectivity index (χ0n) is 20.6. The second kappa shape index (κ2) is 9.35. The molecule has 0 unspecified atom stereocenters. The SMILES string of the molecule is CC(C)(C)OC(=O)N[C@H]1CN(c2cc(N3CCc4nocc4C3)ncn2)C[C@H]1N1CCCCC1=O. The summed E-state index contributed by atoms with van der Waals surface area (Å²) < 4.78 is 10.6. The molecule has 5 rings (SSSR count). The lowest BCUT2D eigenvalue weighted by Crippen LogP contribution is -2.54. The molecule has 0 radical (unpaired) electrons. The topological polar surface area (TPSA) is 117 Å². The number of carbonyl (C=O) groups excluding carboxylic acids is 2. The zero-order valence-corrected chi connectivity index (χ0v) is 20.6. The van der Waals surface area contributed by atoms with Crippen molar-refractivity contribution in [3.63, 3.8) is 0 Å². The van der Waals surface area contributed by atoms with E-state index in [2.05, 4.69) is 30.2 Å². The van der Waals surface area contributed by atoms with Crippen molar-refractivity contribution in [2.24, 2.45) is 0 Å². The molecule has 2 amide bonds. The monoisotopic (exact) mass is 483 g/mol. The Bertz CT molecular complexity index is 1080. The molecule has 2 aromatic rings. The Morgan fingerprint density at radius 2 is 1.91 bits per heavy atom. The molecule has 11 nitrogen and oxygen atoms in total. The summed E-state index contributed by atoms with van der Waals surface area (Å²) in [5, 5.41) is 7.08. The first kappa shape index (κ1) is 23.4. The molecular formula is C24H33N7O4. The summed E-state index contributed by atoms with van der Waals surface area (Å²) in [5.41, 5.74) is 1.47. The van der Waals surface area contributed by atoms with Crippen LogP contribution in [0.4, 0.5) is 16.4 Å². The van der Waals surface area contributed by atoms with Gasteiger partial charge in [0.25, 0.3) is 0 Å². The van der Waals surface area contributed by atoms with Gasteiger partial charge in [-0.25, -0.2) is 14.8 Å². The average molecular weight is 484 g/mol. The fourth-order valence-corrected chi connectivity index (χ4v) is 5.09. The van der Waals surface area contributed by atoms with Gasteiger partial charge >= 0.3 is 6.09 Å². The van der Waals surface area contributed by atoms with Gasteiger partial charge in [-0.15, -0.1) is 0 Å². The molecule has 1 N–H and O–H groups in total. The van der Waals surface area contributed by atoms with Crippen molar-refractivity contribution in [3.8, 4) is 0 Å². The summed E-state index contributed by atoms with van der Waals surface area (Å²) in [6.07, 6.45) is 6.03. The fraction of sp³-hybridized carbons (Fsp3) is 0.625. The molecule has 188 valence electrons. The van der Waals surface area contributed by atoms with Gasteiger partial charge in [-0.05, 0) is 33.6 Å². The maximum atomic E-state index is 12.7. The Morgan fingerprint density at radius 3 is 2.69 bits per heavy atom. The minimum atomic E-state index is -0.598. The van der Waals surface area contributed by atoms with Crippen LogP contribution in [-0.2, 0) is 22.5 Å². The number of piperidine rings is 1. The van der Waals surface area contributed by atoms with Crippen molar-refractivity contribution < 1.29 is 18.8 Å². The van der Waals surface area contributed by atoms with Gasteiger partial charge in [-0.3, -0.25) is 4.79 Å². The molecule has 3 aliphatic heterocycles. The van der Waals surface area contributed by atoms with E-state index in [9.17, 15) is 9.59 Å². The summed E-state index contributed by atoms with van der Waals surface area (Å²) in [4.78, 5) is 40.6. The first-order valence-electron chi connectivity index (χ1n) is 12.3. The van der Waals surface area contributed by atoms with Crippen molar-refractivity contribution in [2.45, 2.75) is 70.7 Å². The highest BCUT2D eigenvalue weighted by Crippen LogP contribution is 2.28. The van der Waals surface area contributed by atoms with Gasteiger partial charge in [0.1, 0.15) is 29.8 Å². The Morgan fingerprint density at radius 1 is 1.11 bits per heavy atom. The summed E-state index contributed by atoms with van der Waals surface area (Å²) in [5.74, 6) is 1.74. The van der Waals surface area contributed by atoms with Crippen LogP contribution in [0, 0.1) is 0 Å². The highest BCUT2D eigenvalue weighted by atomic mass is 16.6. The second-order valence-electron chi connectivity index (χ2n) is 10.5. The fourth-order valence-electron chi connectivity index (χ4n) is 5.09. The number of aromatic nitrogens is 3. The second-order valence-corrected chi connectivity index (χ2v) is 10.5. The van der Waals surface area contributed by atoms with Crippen LogP contribution < -0.4 is 15.1 Å². The third kappa shape index (κ3) is 5.18. The third-order valence-electron chi connectivity index (χ3n) is 6.75. The molecule has 11 heteroatoms. The normalized spacial score (nSPS) is 22.8. The standard InChI is InChI=1S/C24H33N7O4/c1-24(2,3)35-23(33)27-18-12-30(13-19(18)31-8-5-4-6-22(31)32)21-10-20(25-15-26-21)29-9-7-17-16(11-29)14-34-28-17/h10,14-15,18-19H,4-9,11-13H2,1-3H3,(H,27,33)/t18-,19+/m0/s1. The Balaban J connectivity index is 1.34. The molecule has 2 atom stereocenters. The lowest BCUT2D eigenvalue weighted by molar-refractivity contribution is -0.135. The number of alkyl carbamates (subject to hydrolysis) is 1. The van der Waals surface area contributed by atoms with Crippen LogP contribution >= 0.6 is 0 Å². The van der Waals surface area contributed by atoms with Crippen LogP contribution in [0.5, 0.6) is 0 Å². The van der Waals surface area contributed by atoms with Gasteiger partial charge in [-0.1, -0.05) is 5.16 Å². The van der Waals surface area contributed by atoms with Gasteiger partial charge in [0.2, 0.25) is 5.91 Å². The van der Waals surface area contributed by atoms with E-state index < -0.39 is 11.7 Å². The number of nitrogens with zero attached hydrogens (tertiary/aromatic N) is 6. The maximum Gasteiger partial charge on any atom is 0.408 e. The smallest absolute Gasteiger partial charge is 0.408 e. The Hall–Kier alpha value is -3.37. The average Bonchev–Trinajstić information content (AvgIpc) is 3.45. The highest BCUT2D eigenvalue weighted by Gasteiger charge is 2.41. The lowest BCUT2D eigenvalue weighted by atomic mass is 10.0. The predicted octanol–water partition coefficient (Wildman–Crippen LogP) is 2.12. The minimum Gasteiger partial charge on any atom is -0.444 e. The summed E-state index contributed by atoms with van der Waals surface area (Å²) in [6, 6.07) is 1.56. The van der Waals surface area contributed by atoms with Gasteiger partial charge in [0.05, 0.1) is 17.8 Å². The minimum absolute atomic E-state index is 0.139. The van der Waals surface area contributed by atoms with Crippen molar-refractivity contribution in [3.05, 3.63) is 29.9 Å². The molecule has 0 bridgehead atoms. The van der Waals surface area contributed by atoms with E-state index >= 15 is 0 Å². The van der Waals surface area contributed by atoms with E-state index in [1.54, 1.807) is 12.6 Å². The van der Waals surface area contributed by atoms with Crippen LogP contribution in [0.15, 0.2) is 23.2 Å². The molecular weight excluding hydrogens is 450 g/mol. The number of hydrogen-bond acceptors (Lipinski definition) is 9. The number of ether oxygens (including phenoxy) is 1. The molecule has 0 aliphatic carbocycles. The number of anilines is 2. The molecule has 5 heterocycles. The maximum absolute atomic E-state index is 12.7. The first-order valence-corrected chi connectivity index (χ1v) is 12.3. The molecule has 3 aliphatic rings. The molecule has 2 aromatic heterocycles. The lowest BCUT2D eigenvalue weighted by Gasteiger charge is -2.35. The number of likely N-dealkylation sites (tertiary alicyclic amines) is 1. The Kier molecular flexibility index (Phi) is 6.24. The van der Waals surface area contributed by atoms with Gasteiger partial charge in [0.15, 0.2) is 0 Å². The van der Waals surface area contributed by atoms with E-state index in [1.807, 2.05) is 31.7 Å². The summed E-state index contributed by atoms with van der Waals surface area (Å²) in [6.45, 7) is 8.80. The molecule has 0 aromatic carbocycles. The summed E-state index contributed by atoms with van der Waals surface area (Å²) >= 11 is 0. The Labute approximate surface area is 204 Å². The van der Waals surface area contributed by atoms with E-state index in [4.69, 9.17) is 9.26 Å². The summed E-state index contributed by atoms with van der Waals surface area (Å²) in [7, 11) is 0. The number of nitrogens with one attached hydrogen (secondary N) is 1. The largest absolute Gasteiger partial charge is 0.444 e. The van der Waals surface area contributed by atoms with E-state index in [0.29, 0.717) is 32.6 Å². The molecule has 2 saturated heterocycles. The number of carbonyl (C=O) groups is 2. The number of amides is 2. The first-order chi connectivity index (χ1) is 16.8. The quantitative estimate of drug-likeness (QED) is 0.698. The van der Waals surface area contributed by atoms with E-state index in [0.717, 1.165) is 48.7 Å². The number of fused-ring (bicyclic) bond motifs is 1. The van der Waals surface area contributed by atoms with Gasteiger partial charge in [0, 0.05) is 57.2 Å². The molecule has 2 fully saturated rings. The highest BCUT2D eigenvalue weighted by molar-refractivity contribution is 5.78. The zero-order chi connectivity index (χ0) is 24.6. The molecule has 0 spiro atoms. The molecule has 35 heavy (non-hydrogen) atoms. The van der Waals surface area contributed by atoms with Crippen LogP contribution in [0.3, 0.4) is 0 Å². The van der Waals surface area contributed by atoms with Crippen LogP contribution in [0.1, 0.15) is 51.3 Å². The van der Waals surface area contributed by atoms with Gasteiger partial charge in [-0.2, -0.15) is 0 Å². The van der Waals surface area contributed by atoms with Crippen LogP contribution in [0.2, 0.25) is 0 Å². The predicted molar refractivity (Wildman–Crippen MR) is 128 cm³/mol. The number of hydrogen-bond donors (Lipinski definition) is 1. The van der Waals surface area contributed by atoms with Crippen molar-refractivity contribution in [1.29, 1.82) is 0 Å².